The van der Waals surface area contributed by atoms with Gasteiger partial charge in [-0.3, -0.25) is 0 Å². The van der Waals surface area contributed by atoms with Crippen molar-refractivity contribution in [3.8, 4) is 0 Å². The Kier molecular flexibility index (Phi) is 6.31. The van der Waals surface area contributed by atoms with Crippen molar-refractivity contribution < 1.29 is 4.84 Å². The van der Waals surface area contributed by atoms with Gasteiger partial charge in [0.25, 0.3) is 0 Å². The molecule has 1 rings (SSSR count). The Morgan fingerprint density at radius 1 is 1.25 bits per heavy atom. The van der Waals surface area contributed by atoms with Gasteiger partial charge in [0, 0.05) is 0 Å². The molecule has 0 spiro atoms. The van der Waals surface area contributed by atoms with E-state index < -0.39 is 0 Å². The molecule has 2 heteroatoms. The van der Waals surface area contributed by atoms with Crippen LogP contribution < -0.4 is 0 Å². The zero-order chi connectivity index (χ0) is 11.6. The van der Waals surface area contributed by atoms with Crippen molar-refractivity contribution in [3.05, 3.63) is 35.4 Å². The Labute approximate surface area is 98.3 Å². The summed E-state index contributed by atoms with van der Waals surface area (Å²) in [5, 5.41) is 3.81. The SMILES string of the molecule is CCCC/[C]=N/OCc1cccc(CC)c1. The molecule has 0 heterocycles. The third-order valence-corrected chi connectivity index (χ3v) is 2.40. The zero-order valence-electron chi connectivity index (χ0n) is 10.2. The van der Waals surface area contributed by atoms with E-state index in [-0.39, 0.29) is 0 Å². The van der Waals surface area contributed by atoms with Gasteiger partial charge in [0.05, 0.1) is 0 Å². The molecule has 0 amide bonds. The second-order valence-electron chi connectivity index (χ2n) is 3.80. The Morgan fingerprint density at radius 2 is 2.06 bits per heavy atom. The lowest BCUT2D eigenvalue weighted by Crippen LogP contribution is -1.89. The predicted molar refractivity (Wildman–Crippen MR) is 67.6 cm³/mol. The van der Waals surface area contributed by atoms with Gasteiger partial charge in [-0.05, 0) is 30.4 Å². The van der Waals surface area contributed by atoms with Gasteiger partial charge in [-0.1, -0.05) is 49.7 Å². The smallest absolute Gasteiger partial charge is 0.142 e. The van der Waals surface area contributed by atoms with E-state index >= 15 is 0 Å². The first-order valence-corrected chi connectivity index (χ1v) is 5.99. The van der Waals surface area contributed by atoms with E-state index in [1.807, 2.05) is 0 Å². The van der Waals surface area contributed by atoms with Crippen LogP contribution in [0.3, 0.4) is 0 Å². The van der Waals surface area contributed by atoms with E-state index in [1.165, 1.54) is 17.5 Å². The van der Waals surface area contributed by atoms with Crippen molar-refractivity contribution in [2.45, 2.75) is 46.1 Å². The van der Waals surface area contributed by atoms with E-state index in [4.69, 9.17) is 4.84 Å². The molecule has 1 radical (unpaired) electrons. The monoisotopic (exact) mass is 218 g/mol. The van der Waals surface area contributed by atoms with Crippen LogP contribution in [0.1, 0.15) is 44.2 Å². The first-order chi connectivity index (χ1) is 7.86. The van der Waals surface area contributed by atoms with Crippen LogP contribution >= 0.6 is 0 Å². The predicted octanol–water partition coefficient (Wildman–Crippen LogP) is 3.82. The average Bonchev–Trinajstić information content (AvgIpc) is 2.34. The van der Waals surface area contributed by atoms with Gasteiger partial charge in [-0.2, -0.15) is 0 Å². The summed E-state index contributed by atoms with van der Waals surface area (Å²) in [6.45, 7) is 4.84. The van der Waals surface area contributed by atoms with Crippen LogP contribution in [0, 0.1) is 0 Å². The molecule has 0 saturated heterocycles. The average molecular weight is 218 g/mol. The van der Waals surface area contributed by atoms with Gasteiger partial charge in [-0.15, -0.1) is 0 Å². The molecule has 0 aliphatic rings. The van der Waals surface area contributed by atoms with Crippen molar-refractivity contribution in [1.82, 2.24) is 0 Å². The number of nitrogens with zero attached hydrogens (tertiary/aromatic N) is 1. The molecular weight excluding hydrogens is 198 g/mol. The lowest BCUT2D eigenvalue weighted by Gasteiger charge is -2.01. The maximum Gasteiger partial charge on any atom is 0.142 e. The summed E-state index contributed by atoms with van der Waals surface area (Å²) in [5.74, 6) is 0. The van der Waals surface area contributed by atoms with Crippen LogP contribution in [-0.2, 0) is 17.9 Å². The summed E-state index contributed by atoms with van der Waals surface area (Å²) in [6, 6.07) is 8.39. The normalized spacial score (nSPS) is 10.9. The third-order valence-electron chi connectivity index (χ3n) is 2.40. The highest BCUT2D eigenvalue weighted by molar-refractivity contribution is 5.56. The summed E-state index contributed by atoms with van der Waals surface area (Å²) in [6.07, 6.45) is 7.11. The molecule has 0 atom stereocenters. The fourth-order valence-corrected chi connectivity index (χ4v) is 1.39. The molecule has 1 aromatic carbocycles. The maximum atomic E-state index is 5.18. The molecule has 1 aromatic rings. The number of rotatable bonds is 7. The number of benzene rings is 1. The Morgan fingerprint density at radius 3 is 2.81 bits per heavy atom. The molecule has 0 fully saturated rings. The van der Waals surface area contributed by atoms with E-state index in [9.17, 15) is 0 Å². The van der Waals surface area contributed by atoms with Crippen LogP contribution in [-0.4, -0.2) is 6.21 Å². The standard InChI is InChI=1S/C14H20NO/c1-3-5-6-10-15-16-12-14-9-7-8-13(4-2)11-14/h7-9,11H,3-6,12H2,1-2H3. The summed E-state index contributed by atoms with van der Waals surface area (Å²) in [4.78, 5) is 5.18. The largest absolute Gasteiger partial charge is 0.391 e. The fourth-order valence-electron chi connectivity index (χ4n) is 1.39. The molecule has 0 saturated carbocycles. The number of aryl methyl sites for hydroxylation is 1. The second-order valence-corrected chi connectivity index (χ2v) is 3.80. The summed E-state index contributed by atoms with van der Waals surface area (Å²) >= 11 is 0. The van der Waals surface area contributed by atoms with Crippen LogP contribution in [0.15, 0.2) is 29.4 Å². The minimum Gasteiger partial charge on any atom is -0.391 e. The van der Waals surface area contributed by atoms with Gasteiger partial charge in [0.2, 0.25) is 0 Å². The highest BCUT2D eigenvalue weighted by Gasteiger charge is 1.94. The van der Waals surface area contributed by atoms with E-state index in [0.717, 1.165) is 19.3 Å². The van der Waals surface area contributed by atoms with Crippen LogP contribution in [0.2, 0.25) is 0 Å². The minimum atomic E-state index is 0.535. The molecule has 0 bridgehead atoms. The number of hydrogen-bond donors (Lipinski definition) is 0. The van der Waals surface area contributed by atoms with Gasteiger partial charge < -0.3 is 4.84 Å². The van der Waals surface area contributed by atoms with Gasteiger partial charge >= 0.3 is 0 Å². The summed E-state index contributed by atoms with van der Waals surface area (Å²) in [7, 11) is 0. The van der Waals surface area contributed by atoms with E-state index in [2.05, 4.69) is 49.5 Å². The highest BCUT2D eigenvalue weighted by atomic mass is 16.6. The summed E-state index contributed by atoms with van der Waals surface area (Å²) in [5.41, 5.74) is 2.50. The van der Waals surface area contributed by atoms with Crippen molar-refractivity contribution in [2.75, 3.05) is 0 Å². The second kappa shape index (κ2) is 7.91. The number of unbranched alkanes of at least 4 members (excludes halogenated alkanes) is 2. The zero-order valence-corrected chi connectivity index (χ0v) is 10.2. The molecule has 0 aliphatic heterocycles. The van der Waals surface area contributed by atoms with Crippen molar-refractivity contribution >= 4 is 6.21 Å². The minimum absolute atomic E-state index is 0.535. The Balaban J connectivity index is 2.28. The van der Waals surface area contributed by atoms with Crippen molar-refractivity contribution in [1.29, 1.82) is 0 Å². The van der Waals surface area contributed by atoms with E-state index in [0.29, 0.717) is 6.61 Å². The van der Waals surface area contributed by atoms with Crippen molar-refractivity contribution in [3.63, 3.8) is 0 Å². The van der Waals surface area contributed by atoms with E-state index in [1.54, 1.807) is 0 Å². The molecule has 0 aliphatic carbocycles. The molecule has 0 unspecified atom stereocenters. The fraction of sp³-hybridized carbons (Fsp3) is 0.500. The first-order valence-electron chi connectivity index (χ1n) is 5.99. The number of hydrogen-bond acceptors (Lipinski definition) is 2. The lowest BCUT2D eigenvalue weighted by atomic mass is 10.1. The van der Waals surface area contributed by atoms with Gasteiger partial charge in [0.15, 0.2) is 0 Å². The molecule has 0 aromatic heterocycles. The van der Waals surface area contributed by atoms with Gasteiger partial charge in [0.1, 0.15) is 12.8 Å². The quantitative estimate of drug-likeness (QED) is 0.387. The topological polar surface area (TPSA) is 21.6 Å². The van der Waals surface area contributed by atoms with Crippen LogP contribution in [0.25, 0.3) is 0 Å². The van der Waals surface area contributed by atoms with Gasteiger partial charge in [-0.25, -0.2) is 0 Å². The Hall–Kier alpha value is -1.31. The molecule has 0 N–H and O–H groups in total. The van der Waals surface area contributed by atoms with Crippen molar-refractivity contribution in [2.24, 2.45) is 5.16 Å². The lowest BCUT2D eigenvalue weighted by molar-refractivity contribution is 0.131. The molecular formula is C14H20NO. The van der Waals surface area contributed by atoms with Crippen LogP contribution in [0.5, 0.6) is 0 Å². The first kappa shape index (κ1) is 12.8. The summed E-state index contributed by atoms with van der Waals surface area (Å²) < 4.78 is 0. The third kappa shape index (κ3) is 4.96. The molecule has 87 valence electrons. The molecule has 16 heavy (non-hydrogen) atoms. The van der Waals surface area contributed by atoms with Crippen LogP contribution in [0.4, 0.5) is 0 Å². The Bertz CT molecular complexity index is 320. The highest BCUT2D eigenvalue weighted by Crippen LogP contribution is 2.07. The molecule has 2 nitrogen and oxygen atoms in total. The maximum absolute atomic E-state index is 5.18.